The van der Waals surface area contributed by atoms with Gasteiger partial charge in [0, 0.05) is 4.47 Å². The van der Waals surface area contributed by atoms with Crippen LogP contribution in [0.2, 0.25) is 0 Å². The Morgan fingerprint density at radius 2 is 1.94 bits per heavy atom. The number of rotatable bonds is 7. The highest BCUT2D eigenvalue weighted by Gasteiger charge is 2.15. The van der Waals surface area contributed by atoms with E-state index in [0.717, 1.165) is 33.3 Å². The third-order valence-corrected chi connectivity index (χ3v) is 3.85. The van der Waals surface area contributed by atoms with E-state index in [2.05, 4.69) is 45.7 Å². The molecule has 1 rings (SSSR count). The van der Waals surface area contributed by atoms with Crippen molar-refractivity contribution in [3.8, 4) is 11.5 Å². The number of methoxy groups -OCH3 is 1. The number of unbranched alkanes of at least 4 members (excludes halogenated alkanes) is 1. The maximum absolute atomic E-state index is 6.06. The number of halogens is 2. The standard InChI is InChI=1S/C14H20Br2O2/c1-4-6-7-11(5-2)18-13-9-10(15)8-12(16)14(13)17-3/h8-9,11H,4-7H2,1-3H3. The van der Waals surface area contributed by atoms with E-state index < -0.39 is 0 Å². The monoisotopic (exact) mass is 378 g/mol. The average Bonchev–Trinajstić information content (AvgIpc) is 2.33. The second-order valence-electron chi connectivity index (χ2n) is 4.21. The van der Waals surface area contributed by atoms with Crippen LogP contribution in [0.3, 0.4) is 0 Å². The largest absolute Gasteiger partial charge is 0.492 e. The summed E-state index contributed by atoms with van der Waals surface area (Å²) in [5, 5.41) is 0. The van der Waals surface area contributed by atoms with Gasteiger partial charge in [-0.2, -0.15) is 0 Å². The minimum atomic E-state index is 0.250. The van der Waals surface area contributed by atoms with Crippen molar-refractivity contribution in [2.45, 2.75) is 45.6 Å². The first-order chi connectivity index (χ1) is 8.62. The molecule has 0 heterocycles. The summed E-state index contributed by atoms with van der Waals surface area (Å²) in [7, 11) is 1.66. The van der Waals surface area contributed by atoms with Gasteiger partial charge in [-0.25, -0.2) is 0 Å². The van der Waals surface area contributed by atoms with Crippen molar-refractivity contribution in [3.63, 3.8) is 0 Å². The lowest BCUT2D eigenvalue weighted by Crippen LogP contribution is -2.15. The van der Waals surface area contributed by atoms with Crippen LogP contribution in [0.4, 0.5) is 0 Å². The van der Waals surface area contributed by atoms with Gasteiger partial charge in [0.15, 0.2) is 11.5 Å². The van der Waals surface area contributed by atoms with E-state index in [1.807, 2.05) is 12.1 Å². The molecule has 0 N–H and O–H groups in total. The molecule has 1 aromatic rings. The Morgan fingerprint density at radius 1 is 1.22 bits per heavy atom. The van der Waals surface area contributed by atoms with Crippen LogP contribution in [0.1, 0.15) is 39.5 Å². The molecule has 0 saturated heterocycles. The number of hydrogen-bond acceptors (Lipinski definition) is 2. The molecule has 4 heteroatoms. The van der Waals surface area contributed by atoms with Crippen LogP contribution in [0.15, 0.2) is 21.1 Å². The van der Waals surface area contributed by atoms with E-state index in [-0.39, 0.29) is 6.10 Å². The van der Waals surface area contributed by atoms with Gasteiger partial charge in [0.05, 0.1) is 17.7 Å². The molecular formula is C14H20Br2O2. The fourth-order valence-electron chi connectivity index (χ4n) is 1.78. The Morgan fingerprint density at radius 3 is 2.50 bits per heavy atom. The van der Waals surface area contributed by atoms with Crippen molar-refractivity contribution >= 4 is 31.9 Å². The van der Waals surface area contributed by atoms with Gasteiger partial charge in [0.1, 0.15) is 0 Å². The Balaban J connectivity index is 2.87. The number of hydrogen-bond donors (Lipinski definition) is 0. The molecular weight excluding hydrogens is 360 g/mol. The lowest BCUT2D eigenvalue weighted by molar-refractivity contribution is 0.176. The van der Waals surface area contributed by atoms with E-state index in [0.29, 0.717) is 0 Å². The SMILES string of the molecule is CCCCC(CC)Oc1cc(Br)cc(Br)c1OC. The van der Waals surface area contributed by atoms with Crippen LogP contribution in [0.5, 0.6) is 11.5 Å². The molecule has 0 saturated carbocycles. The summed E-state index contributed by atoms with van der Waals surface area (Å²) in [6, 6.07) is 3.91. The highest BCUT2D eigenvalue weighted by atomic mass is 79.9. The second-order valence-corrected chi connectivity index (χ2v) is 5.98. The first-order valence-corrected chi connectivity index (χ1v) is 7.90. The minimum absolute atomic E-state index is 0.250. The topological polar surface area (TPSA) is 18.5 Å². The van der Waals surface area contributed by atoms with Gasteiger partial charge in [-0.15, -0.1) is 0 Å². The maximum Gasteiger partial charge on any atom is 0.175 e. The van der Waals surface area contributed by atoms with Crippen molar-refractivity contribution in [1.29, 1.82) is 0 Å². The predicted octanol–water partition coefficient (Wildman–Crippen LogP) is 5.57. The van der Waals surface area contributed by atoms with Crippen LogP contribution in [0.25, 0.3) is 0 Å². The minimum Gasteiger partial charge on any atom is -0.492 e. The lowest BCUT2D eigenvalue weighted by atomic mass is 10.1. The zero-order chi connectivity index (χ0) is 13.5. The maximum atomic E-state index is 6.06. The molecule has 0 amide bonds. The van der Waals surface area contributed by atoms with E-state index in [9.17, 15) is 0 Å². The summed E-state index contributed by atoms with van der Waals surface area (Å²) >= 11 is 6.96. The molecule has 0 aliphatic carbocycles. The molecule has 0 fully saturated rings. The van der Waals surface area contributed by atoms with Crippen molar-refractivity contribution in [3.05, 3.63) is 21.1 Å². The normalized spacial score (nSPS) is 12.3. The fourth-order valence-corrected chi connectivity index (χ4v) is 3.13. The molecule has 1 unspecified atom stereocenters. The Labute approximate surface area is 126 Å². The highest BCUT2D eigenvalue weighted by Crippen LogP contribution is 2.39. The molecule has 0 aromatic heterocycles. The highest BCUT2D eigenvalue weighted by molar-refractivity contribution is 9.11. The Bertz CT molecular complexity index is 380. The molecule has 0 aliphatic heterocycles. The molecule has 1 aromatic carbocycles. The van der Waals surface area contributed by atoms with E-state index in [1.54, 1.807) is 7.11 Å². The van der Waals surface area contributed by atoms with Gasteiger partial charge in [0.2, 0.25) is 0 Å². The zero-order valence-electron chi connectivity index (χ0n) is 11.1. The van der Waals surface area contributed by atoms with Crippen LogP contribution in [-0.2, 0) is 0 Å². The van der Waals surface area contributed by atoms with Gasteiger partial charge in [-0.1, -0.05) is 42.6 Å². The lowest BCUT2D eigenvalue weighted by Gasteiger charge is -2.20. The molecule has 18 heavy (non-hydrogen) atoms. The fraction of sp³-hybridized carbons (Fsp3) is 0.571. The quantitative estimate of drug-likeness (QED) is 0.616. The van der Waals surface area contributed by atoms with Gasteiger partial charge >= 0.3 is 0 Å². The summed E-state index contributed by atoms with van der Waals surface area (Å²) in [4.78, 5) is 0. The average molecular weight is 380 g/mol. The Kier molecular flexibility index (Phi) is 7.08. The van der Waals surface area contributed by atoms with Crippen molar-refractivity contribution in [1.82, 2.24) is 0 Å². The molecule has 102 valence electrons. The number of benzene rings is 1. The summed E-state index contributed by atoms with van der Waals surface area (Å²) in [6.45, 7) is 4.35. The van der Waals surface area contributed by atoms with Crippen LogP contribution in [0, 0.1) is 0 Å². The third kappa shape index (κ3) is 4.47. The summed E-state index contributed by atoms with van der Waals surface area (Å²) in [5.41, 5.74) is 0. The van der Waals surface area contributed by atoms with Crippen LogP contribution in [-0.4, -0.2) is 13.2 Å². The number of ether oxygens (including phenoxy) is 2. The van der Waals surface area contributed by atoms with Gasteiger partial charge < -0.3 is 9.47 Å². The molecule has 2 nitrogen and oxygen atoms in total. The summed E-state index contributed by atoms with van der Waals surface area (Å²) in [6.07, 6.45) is 4.72. The molecule has 1 atom stereocenters. The molecule has 0 aliphatic rings. The van der Waals surface area contributed by atoms with Crippen LogP contribution < -0.4 is 9.47 Å². The first kappa shape index (κ1) is 15.8. The van der Waals surface area contributed by atoms with E-state index >= 15 is 0 Å². The van der Waals surface area contributed by atoms with Gasteiger partial charge in [-0.3, -0.25) is 0 Å². The van der Waals surface area contributed by atoms with Crippen molar-refractivity contribution in [2.75, 3.05) is 7.11 Å². The smallest absolute Gasteiger partial charge is 0.175 e. The summed E-state index contributed by atoms with van der Waals surface area (Å²) < 4.78 is 13.3. The van der Waals surface area contributed by atoms with Gasteiger partial charge in [-0.05, 0) is 40.9 Å². The van der Waals surface area contributed by atoms with E-state index in [1.165, 1.54) is 12.8 Å². The Hall–Kier alpha value is -0.220. The van der Waals surface area contributed by atoms with Crippen LogP contribution >= 0.6 is 31.9 Å². The second kappa shape index (κ2) is 8.05. The van der Waals surface area contributed by atoms with Gasteiger partial charge in [0.25, 0.3) is 0 Å². The predicted molar refractivity (Wildman–Crippen MR) is 82.6 cm³/mol. The zero-order valence-corrected chi connectivity index (χ0v) is 14.3. The third-order valence-electron chi connectivity index (χ3n) is 2.81. The van der Waals surface area contributed by atoms with Crippen molar-refractivity contribution in [2.24, 2.45) is 0 Å². The van der Waals surface area contributed by atoms with E-state index in [4.69, 9.17) is 9.47 Å². The molecule has 0 bridgehead atoms. The molecule has 0 spiro atoms. The summed E-state index contributed by atoms with van der Waals surface area (Å²) in [5.74, 6) is 1.55. The molecule has 0 radical (unpaired) electrons. The first-order valence-electron chi connectivity index (χ1n) is 6.32. The van der Waals surface area contributed by atoms with Crippen molar-refractivity contribution < 1.29 is 9.47 Å².